The quantitative estimate of drug-likeness (QED) is 0.551. The summed E-state index contributed by atoms with van der Waals surface area (Å²) in [5, 5.41) is 0. The zero-order chi connectivity index (χ0) is 11.5. The summed E-state index contributed by atoms with van der Waals surface area (Å²) in [4.78, 5) is 0. The molecule has 0 aromatic carbocycles. The minimum atomic E-state index is 0.472. The Bertz CT molecular complexity index is 433. The fourth-order valence-electron chi connectivity index (χ4n) is 3.78. The predicted octanol–water partition coefficient (Wildman–Crippen LogP) is 4.65. The average molecular weight is 214 g/mol. The molecule has 0 N–H and O–H groups in total. The lowest BCUT2D eigenvalue weighted by Gasteiger charge is -2.35. The van der Waals surface area contributed by atoms with Crippen LogP contribution in [0.3, 0.4) is 0 Å². The molecule has 0 spiro atoms. The van der Waals surface area contributed by atoms with Crippen LogP contribution in [0, 0.1) is 17.3 Å². The van der Waals surface area contributed by atoms with Gasteiger partial charge in [-0.15, -0.1) is 0 Å². The monoisotopic (exact) mass is 214 g/mol. The summed E-state index contributed by atoms with van der Waals surface area (Å²) in [5.41, 5.74) is 7.01. The van der Waals surface area contributed by atoms with Crippen molar-refractivity contribution in [2.75, 3.05) is 0 Å². The molecule has 3 atom stereocenters. The predicted molar refractivity (Wildman–Crippen MR) is 69.2 cm³/mol. The van der Waals surface area contributed by atoms with Crippen LogP contribution in [-0.4, -0.2) is 0 Å². The van der Waals surface area contributed by atoms with Crippen LogP contribution in [0.2, 0.25) is 0 Å². The van der Waals surface area contributed by atoms with E-state index in [1.165, 1.54) is 19.3 Å². The molecule has 3 aliphatic rings. The van der Waals surface area contributed by atoms with E-state index in [1.807, 2.05) is 0 Å². The first-order chi connectivity index (χ1) is 7.52. The molecule has 0 aliphatic heterocycles. The summed E-state index contributed by atoms with van der Waals surface area (Å²) in [5.74, 6) is 1.53. The highest BCUT2D eigenvalue weighted by molar-refractivity contribution is 5.52. The van der Waals surface area contributed by atoms with E-state index in [1.54, 1.807) is 22.3 Å². The Morgan fingerprint density at radius 1 is 1.25 bits per heavy atom. The second-order valence-corrected chi connectivity index (χ2v) is 6.29. The zero-order valence-corrected chi connectivity index (χ0v) is 10.9. The first-order valence-electron chi connectivity index (χ1n) is 6.64. The molecule has 0 radical (unpaired) electrons. The summed E-state index contributed by atoms with van der Waals surface area (Å²) >= 11 is 0. The van der Waals surface area contributed by atoms with Gasteiger partial charge in [-0.2, -0.15) is 0 Å². The molecule has 1 fully saturated rings. The fraction of sp³-hybridized carbons (Fsp3) is 0.625. The molecule has 86 valence electrons. The smallest absolute Gasteiger partial charge is 0.00229 e. The molecule has 16 heavy (non-hydrogen) atoms. The summed E-state index contributed by atoms with van der Waals surface area (Å²) in [6, 6.07) is 0. The molecule has 0 aromatic rings. The summed E-state index contributed by atoms with van der Waals surface area (Å²) in [7, 11) is 0. The molecule has 0 aromatic heterocycles. The Morgan fingerprint density at radius 2 is 2.00 bits per heavy atom. The standard InChI is InChI=1S/C16H22/c1-10-7-13-9-16(4)11(2)5-6-14(16)8-15(13)12(10)3/h7-8,11-12H,5-6,9H2,1-4H3. The maximum absolute atomic E-state index is 2.54. The van der Waals surface area contributed by atoms with Crippen molar-refractivity contribution in [2.45, 2.75) is 47.0 Å². The van der Waals surface area contributed by atoms with Crippen LogP contribution in [0.5, 0.6) is 0 Å². The summed E-state index contributed by atoms with van der Waals surface area (Å²) in [6.45, 7) is 9.54. The molecule has 0 nitrogen and oxygen atoms in total. The van der Waals surface area contributed by atoms with Gasteiger partial charge >= 0.3 is 0 Å². The van der Waals surface area contributed by atoms with E-state index in [2.05, 4.69) is 39.8 Å². The third-order valence-corrected chi connectivity index (χ3v) is 5.48. The molecule has 1 saturated carbocycles. The van der Waals surface area contributed by atoms with Crippen molar-refractivity contribution >= 4 is 0 Å². The average Bonchev–Trinajstić information content (AvgIpc) is 2.66. The first-order valence-corrected chi connectivity index (χ1v) is 6.64. The molecule has 3 aliphatic carbocycles. The van der Waals surface area contributed by atoms with Crippen molar-refractivity contribution in [1.82, 2.24) is 0 Å². The van der Waals surface area contributed by atoms with Gasteiger partial charge in [0.05, 0.1) is 0 Å². The fourth-order valence-corrected chi connectivity index (χ4v) is 3.78. The summed E-state index contributed by atoms with van der Waals surface area (Å²) in [6.07, 6.45) is 9.00. The van der Waals surface area contributed by atoms with Gasteiger partial charge in [0.1, 0.15) is 0 Å². The Labute approximate surface area is 99.1 Å². The number of hydrogen-bond acceptors (Lipinski definition) is 0. The Morgan fingerprint density at radius 3 is 2.75 bits per heavy atom. The lowest BCUT2D eigenvalue weighted by atomic mass is 9.69. The van der Waals surface area contributed by atoms with Gasteiger partial charge in [-0.1, -0.05) is 44.1 Å². The van der Waals surface area contributed by atoms with Crippen LogP contribution in [0.1, 0.15) is 47.0 Å². The third kappa shape index (κ3) is 1.16. The van der Waals surface area contributed by atoms with Gasteiger partial charge in [0, 0.05) is 5.92 Å². The van der Waals surface area contributed by atoms with Crippen molar-refractivity contribution < 1.29 is 0 Å². The van der Waals surface area contributed by atoms with E-state index in [0.717, 1.165) is 5.92 Å². The largest absolute Gasteiger partial charge is 0.0658 e. The van der Waals surface area contributed by atoms with Crippen LogP contribution in [-0.2, 0) is 0 Å². The normalized spacial score (nSPS) is 41.8. The topological polar surface area (TPSA) is 0 Å². The van der Waals surface area contributed by atoms with E-state index >= 15 is 0 Å². The molecule has 0 amide bonds. The van der Waals surface area contributed by atoms with E-state index in [0.29, 0.717) is 11.3 Å². The van der Waals surface area contributed by atoms with Gasteiger partial charge in [0.2, 0.25) is 0 Å². The Balaban J connectivity index is 2.04. The van der Waals surface area contributed by atoms with Crippen molar-refractivity contribution in [3.63, 3.8) is 0 Å². The Hall–Kier alpha value is -0.780. The molecular weight excluding hydrogens is 192 g/mol. The van der Waals surface area contributed by atoms with Crippen molar-refractivity contribution in [1.29, 1.82) is 0 Å². The van der Waals surface area contributed by atoms with Crippen LogP contribution in [0.25, 0.3) is 0 Å². The molecular formula is C16H22. The van der Waals surface area contributed by atoms with Gasteiger partial charge in [-0.25, -0.2) is 0 Å². The first kappa shape index (κ1) is 10.4. The maximum atomic E-state index is 2.54. The highest BCUT2D eigenvalue weighted by Crippen LogP contribution is 2.56. The SMILES string of the molecule is CC1=CC2=C(C=C3CCC(C)C3(C)C2)C1C. The molecule has 0 bridgehead atoms. The summed E-state index contributed by atoms with van der Waals surface area (Å²) < 4.78 is 0. The minimum Gasteiger partial charge on any atom is -0.0658 e. The highest BCUT2D eigenvalue weighted by atomic mass is 14.5. The minimum absolute atomic E-state index is 0.472. The van der Waals surface area contributed by atoms with Crippen LogP contribution < -0.4 is 0 Å². The van der Waals surface area contributed by atoms with E-state index in [9.17, 15) is 0 Å². The Kier molecular flexibility index (Phi) is 2.02. The molecule has 0 heterocycles. The number of hydrogen-bond donors (Lipinski definition) is 0. The third-order valence-electron chi connectivity index (χ3n) is 5.48. The van der Waals surface area contributed by atoms with Crippen LogP contribution >= 0.6 is 0 Å². The van der Waals surface area contributed by atoms with Gasteiger partial charge in [0.15, 0.2) is 0 Å². The second-order valence-electron chi connectivity index (χ2n) is 6.29. The van der Waals surface area contributed by atoms with Crippen LogP contribution in [0.15, 0.2) is 34.4 Å². The van der Waals surface area contributed by atoms with E-state index < -0.39 is 0 Å². The maximum Gasteiger partial charge on any atom is 0.00229 e. The second kappa shape index (κ2) is 3.12. The van der Waals surface area contributed by atoms with Gasteiger partial charge in [-0.3, -0.25) is 0 Å². The number of allylic oxidation sites excluding steroid dienone is 6. The van der Waals surface area contributed by atoms with Crippen molar-refractivity contribution in [3.8, 4) is 0 Å². The molecule has 3 rings (SSSR count). The lowest BCUT2D eigenvalue weighted by molar-refractivity contribution is 0.292. The highest BCUT2D eigenvalue weighted by Gasteiger charge is 2.43. The van der Waals surface area contributed by atoms with Crippen molar-refractivity contribution in [3.05, 3.63) is 34.4 Å². The van der Waals surface area contributed by atoms with Gasteiger partial charge in [-0.05, 0) is 48.7 Å². The molecule has 0 saturated heterocycles. The van der Waals surface area contributed by atoms with Crippen molar-refractivity contribution in [2.24, 2.45) is 17.3 Å². The number of rotatable bonds is 0. The van der Waals surface area contributed by atoms with Crippen LogP contribution in [0.4, 0.5) is 0 Å². The van der Waals surface area contributed by atoms with Gasteiger partial charge in [0.25, 0.3) is 0 Å². The van der Waals surface area contributed by atoms with E-state index in [4.69, 9.17) is 0 Å². The molecule has 0 heteroatoms. The van der Waals surface area contributed by atoms with Gasteiger partial charge < -0.3 is 0 Å². The molecule has 3 unspecified atom stereocenters. The zero-order valence-electron chi connectivity index (χ0n) is 10.9. The van der Waals surface area contributed by atoms with E-state index in [-0.39, 0.29) is 0 Å². The lowest BCUT2D eigenvalue weighted by Crippen LogP contribution is -2.24. The number of fused-ring (bicyclic) bond motifs is 1.